The van der Waals surface area contributed by atoms with E-state index in [-0.39, 0.29) is 6.04 Å². The fourth-order valence-electron chi connectivity index (χ4n) is 2.54. The second kappa shape index (κ2) is 5.61. The molecule has 0 bridgehead atoms. The van der Waals surface area contributed by atoms with Crippen molar-refractivity contribution in [2.75, 3.05) is 13.1 Å². The molecule has 1 aromatic rings. The van der Waals surface area contributed by atoms with Crippen LogP contribution in [0.25, 0.3) is 0 Å². The Labute approximate surface area is 115 Å². The van der Waals surface area contributed by atoms with Crippen LogP contribution >= 0.6 is 0 Å². The first-order valence-corrected chi connectivity index (χ1v) is 8.20. The van der Waals surface area contributed by atoms with Crippen LogP contribution in [0.15, 0.2) is 23.1 Å². The highest BCUT2D eigenvalue weighted by atomic mass is 32.2. The van der Waals surface area contributed by atoms with Crippen molar-refractivity contribution in [1.29, 1.82) is 0 Å². The Balaban J connectivity index is 2.37. The van der Waals surface area contributed by atoms with Gasteiger partial charge in [0.05, 0.1) is 4.90 Å². The maximum Gasteiger partial charge on any atom is 0.243 e. The predicted octanol–water partition coefficient (Wildman–Crippen LogP) is 1.81. The molecule has 1 heterocycles. The van der Waals surface area contributed by atoms with E-state index < -0.39 is 10.0 Å². The Kier molecular flexibility index (Phi) is 4.28. The highest BCUT2D eigenvalue weighted by Crippen LogP contribution is 2.25. The molecule has 0 aliphatic carbocycles. The number of nitrogens with two attached hydrogens (primary N) is 1. The zero-order valence-corrected chi connectivity index (χ0v) is 12.4. The van der Waals surface area contributed by atoms with Gasteiger partial charge in [0.25, 0.3) is 0 Å². The summed E-state index contributed by atoms with van der Waals surface area (Å²) in [6.07, 6.45) is 2.84. The molecule has 5 heteroatoms. The van der Waals surface area contributed by atoms with Crippen LogP contribution in [0, 0.1) is 13.8 Å². The van der Waals surface area contributed by atoms with Crippen LogP contribution < -0.4 is 5.73 Å². The van der Waals surface area contributed by atoms with Gasteiger partial charge in [0.2, 0.25) is 10.0 Å². The summed E-state index contributed by atoms with van der Waals surface area (Å²) in [5.74, 6) is 0. The minimum atomic E-state index is -3.41. The molecule has 1 atom stereocenters. The molecular formula is C14H22N2O2S. The SMILES string of the molecule is Cc1ccc(S(=O)(=O)N2CCCC[C@H]2CN)cc1C. The molecule has 2 N–H and O–H groups in total. The van der Waals surface area contributed by atoms with Gasteiger partial charge in [-0.25, -0.2) is 8.42 Å². The number of aryl methyl sites for hydroxylation is 2. The molecule has 1 aromatic carbocycles. The lowest BCUT2D eigenvalue weighted by Crippen LogP contribution is -2.47. The summed E-state index contributed by atoms with van der Waals surface area (Å²) in [7, 11) is -3.41. The molecule has 1 saturated heterocycles. The first-order valence-electron chi connectivity index (χ1n) is 6.76. The number of nitrogens with zero attached hydrogens (tertiary/aromatic N) is 1. The van der Waals surface area contributed by atoms with Gasteiger partial charge in [0, 0.05) is 19.1 Å². The third kappa shape index (κ3) is 2.83. The van der Waals surface area contributed by atoms with Gasteiger partial charge in [-0.05, 0) is 49.9 Å². The van der Waals surface area contributed by atoms with Crippen molar-refractivity contribution in [2.24, 2.45) is 5.73 Å². The second-order valence-electron chi connectivity index (χ2n) is 5.25. The Bertz CT molecular complexity index is 555. The average Bonchev–Trinajstić information content (AvgIpc) is 2.41. The molecule has 1 aliphatic rings. The van der Waals surface area contributed by atoms with Crippen molar-refractivity contribution in [3.8, 4) is 0 Å². The zero-order chi connectivity index (χ0) is 14.0. The monoisotopic (exact) mass is 282 g/mol. The largest absolute Gasteiger partial charge is 0.329 e. The molecular weight excluding hydrogens is 260 g/mol. The van der Waals surface area contributed by atoms with E-state index in [1.165, 1.54) is 0 Å². The van der Waals surface area contributed by atoms with Gasteiger partial charge in [-0.2, -0.15) is 4.31 Å². The van der Waals surface area contributed by atoms with Gasteiger partial charge in [-0.3, -0.25) is 0 Å². The summed E-state index contributed by atoms with van der Waals surface area (Å²) in [6.45, 7) is 4.89. The molecule has 0 aromatic heterocycles. The van der Waals surface area contributed by atoms with Gasteiger partial charge in [0.1, 0.15) is 0 Å². The molecule has 106 valence electrons. The normalized spacial score (nSPS) is 21.5. The molecule has 0 amide bonds. The van der Waals surface area contributed by atoms with Crippen LogP contribution in [0.3, 0.4) is 0 Å². The van der Waals surface area contributed by atoms with E-state index in [1.54, 1.807) is 16.4 Å². The molecule has 4 nitrogen and oxygen atoms in total. The Morgan fingerprint density at radius 3 is 2.63 bits per heavy atom. The fourth-order valence-corrected chi connectivity index (χ4v) is 4.33. The standard InChI is InChI=1S/C14H22N2O2S/c1-11-6-7-14(9-12(11)2)19(17,18)16-8-4-3-5-13(16)10-15/h6-7,9,13H,3-5,8,10,15H2,1-2H3/t13-/m0/s1. The third-order valence-corrected chi connectivity index (χ3v) is 5.88. The average molecular weight is 282 g/mol. The summed E-state index contributed by atoms with van der Waals surface area (Å²) in [6, 6.07) is 5.26. The lowest BCUT2D eigenvalue weighted by molar-refractivity contribution is 0.257. The van der Waals surface area contributed by atoms with Gasteiger partial charge in [-0.15, -0.1) is 0 Å². The minimum absolute atomic E-state index is 0.0552. The van der Waals surface area contributed by atoms with Crippen molar-refractivity contribution >= 4 is 10.0 Å². The van der Waals surface area contributed by atoms with E-state index in [2.05, 4.69) is 0 Å². The summed E-state index contributed by atoms with van der Waals surface area (Å²) in [5.41, 5.74) is 7.82. The van der Waals surface area contributed by atoms with Gasteiger partial charge in [0.15, 0.2) is 0 Å². The third-order valence-electron chi connectivity index (χ3n) is 3.93. The van der Waals surface area contributed by atoms with E-state index in [1.807, 2.05) is 19.9 Å². The molecule has 0 spiro atoms. The van der Waals surface area contributed by atoms with Crippen LogP contribution in [0.2, 0.25) is 0 Å². The van der Waals surface area contributed by atoms with Gasteiger partial charge < -0.3 is 5.73 Å². The lowest BCUT2D eigenvalue weighted by Gasteiger charge is -2.34. The molecule has 0 unspecified atom stereocenters. The van der Waals surface area contributed by atoms with Crippen LogP contribution in [-0.2, 0) is 10.0 Å². The molecule has 19 heavy (non-hydrogen) atoms. The van der Waals surface area contributed by atoms with Crippen LogP contribution in [0.1, 0.15) is 30.4 Å². The highest BCUT2D eigenvalue weighted by molar-refractivity contribution is 7.89. The smallest absolute Gasteiger partial charge is 0.243 e. The summed E-state index contributed by atoms with van der Waals surface area (Å²) in [5, 5.41) is 0. The fraction of sp³-hybridized carbons (Fsp3) is 0.571. The van der Waals surface area contributed by atoms with Crippen molar-refractivity contribution in [1.82, 2.24) is 4.31 Å². The summed E-state index contributed by atoms with van der Waals surface area (Å²) < 4.78 is 27.0. The van der Waals surface area contributed by atoms with Crippen molar-refractivity contribution < 1.29 is 8.42 Å². The van der Waals surface area contributed by atoms with E-state index in [0.717, 1.165) is 30.4 Å². The Hall–Kier alpha value is -0.910. The van der Waals surface area contributed by atoms with E-state index in [4.69, 9.17) is 5.73 Å². The predicted molar refractivity (Wildman–Crippen MR) is 76.5 cm³/mol. The first kappa shape index (κ1) is 14.5. The van der Waals surface area contributed by atoms with Crippen molar-refractivity contribution in [3.05, 3.63) is 29.3 Å². The summed E-state index contributed by atoms with van der Waals surface area (Å²) in [4.78, 5) is 0.385. The number of sulfonamides is 1. The highest BCUT2D eigenvalue weighted by Gasteiger charge is 2.32. The Morgan fingerprint density at radius 2 is 2.00 bits per heavy atom. The van der Waals surface area contributed by atoms with Crippen LogP contribution in [-0.4, -0.2) is 31.9 Å². The maximum absolute atomic E-state index is 12.7. The molecule has 2 rings (SSSR count). The van der Waals surface area contributed by atoms with Crippen LogP contribution in [0.4, 0.5) is 0 Å². The number of hydrogen-bond acceptors (Lipinski definition) is 3. The second-order valence-corrected chi connectivity index (χ2v) is 7.14. The Morgan fingerprint density at radius 1 is 1.26 bits per heavy atom. The summed E-state index contributed by atoms with van der Waals surface area (Å²) >= 11 is 0. The van der Waals surface area contributed by atoms with E-state index in [0.29, 0.717) is 18.0 Å². The number of piperidine rings is 1. The molecule has 0 radical (unpaired) electrons. The quantitative estimate of drug-likeness (QED) is 0.919. The molecule has 0 saturated carbocycles. The van der Waals surface area contributed by atoms with E-state index in [9.17, 15) is 8.42 Å². The first-order chi connectivity index (χ1) is 8.96. The van der Waals surface area contributed by atoms with Crippen LogP contribution in [0.5, 0.6) is 0 Å². The zero-order valence-electron chi connectivity index (χ0n) is 11.6. The number of hydrogen-bond donors (Lipinski definition) is 1. The molecule has 1 fully saturated rings. The molecule has 1 aliphatic heterocycles. The van der Waals surface area contributed by atoms with Gasteiger partial charge >= 0.3 is 0 Å². The number of rotatable bonds is 3. The maximum atomic E-state index is 12.7. The lowest BCUT2D eigenvalue weighted by atomic mass is 10.1. The van der Waals surface area contributed by atoms with E-state index >= 15 is 0 Å². The number of benzene rings is 1. The van der Waals surface area contributed by atoms with Crippen molar-refractivity contribution in [2.45, 2.75) is 44.0 Å². The topological polar surface area (TPSA) is 63.4 Å². The minimum Gasteiger partial charge on any atom is -0.329 e. The van der Waals surface area contributed by atoms with Gasteiger partial charge in [-0.1, -0.05) is 12.5 Å². The van der Waals surface area contributed by atoms with Crippen molar-refractivity contribution in [3.63, 3.8) is 0 Å².